The van der Waals surface area contributed by atoms with Crippen molar-refractivity contribution >= 4 is 17.9 Å². The number of carbonyl (C=O) groups is 3. The lowest BCUT2D eigenvalue weighted by atomic mass is 9.70. The van der Waals surface area contributed by atoms with Crippen LogP contribution in [0.5, 0.6) is 11.5 Å². The number of aromatic carboxylic acids is 1. The minimum atomic E-state index is -1.31. The van der Waals surface area contributed by atoms with Gasteiger partial charge >= 0.3 is 17.9 Å². The van der Waals surface area contributed by atoms with Crippen molar-refractivity contribution in [3.63, 3.8) is 0 Å². The predicted molar refractivity (Wildman–Crippen MR) is 117 cm³/mol. The molecule has 0 aliphatic heterocycles. The number of ether oxygens (including phenoxy) is 2. The minimum Gasteiger partial charge on any atom is -0.504 e. The molecule has 4 unspecified atom stereocenters. The Balaban J connectivity index is 2.28. The van der Waals surface area contributed by atoms with Gasteiger partial charge in [-0.05, 0) is 61.0 Å². The second kappa shape index (κ2) is 11.2. The van der Waals surface area contributed by atoms with E-state index >= 15 is 0 Å². The number of carboxylic acids is 1. The Kier molecular flexibility index (Phi) is 8.92. The van der Waals surface area contributed by atoms with Crippen LogP contribution in [0.3, 0.4) is 0 Å². The number of hydrogen-bond donors (Lipinski definition) is 3. The molecule has 178 valence electrons. The topological polar surface area (TPSA) is 130 Å². The van der Waals surface area contributed by atoms with E-state index in [1.165, 1.54) is 19.9 Å². The van der Waals surface area contributed by atoms with Crippen LogP contribution in [0.4, 0.5) is 0 Å². The second-order valence-electron chi connectivity index (χ2n) is 8.92. The molecule has 2 rings (SSSR count). The zero-order chi connectivity index (χ0) is 24.0. The lowest BCUT2D eigenvalue weighted by Crippen LogP contribution is -2.25. The molecule has 0 heterocycles. The highest BCUT2D eigenvalue weighted by atomic mass is 16.5. The van der Waals surface area contributed by atoms with E-state index in [4.69, 9.17) is 9.47 Å². The summed E-state index contributed by atoms with van der Waals surface area (Å²) in [4.78, 5) is 34.1. The van der Waals surface area contributed by atoms with Gasteiger partial charge in [0, 0.05) is 19.4 Å². The van der Waals surface area contributed by atoms with Crippen LogP contribution in [0.25, 0.3) is 0 Å². The highest BCUT2D eigenvalue weighted by molar-refractivity contribution is 5.92. The summed E-state index contributed by atoms with van der Waals surface area (Å²) < 4.78 is 10.4. The van der Waals surface area contributed by atoms with E-state index in [1.54, 1.807) is 0 Å². The van der Waals surface area contributed by atoms with Crippen molar-refractivity contribution in [3.8, 4) is 11.5 Å². The van der Waals surface area contributed by atoms with Gasteiger partial charge in [-0.25, -0.2) is 4.79 Å². The van der Waals surface area contributed by atoms with E-state index in [9.17, 15) is 29.7 Å². The Morgan fingerprint density at radius 2 is 1.66 bits per heavy atom. The molecule has 0 bridgehead atoms. The maximum atomic E-state index is 11.6. The van der Waals surface area contributed by atoms with Crippen LogP contribution in [-0.4, -0.2) is 46.4 Å². The SMILES string of the molecule is CC(=O)OCC(C)CCCC(COC(C)=O)C1CCC(C)c2c1cc(C(=O)O)c(O)c2O. The molecule has 1 aromatic rings. The molecule has 1 aliphatic rings. The smallest absolute Gasteiger partial charge is 0.339 e. The third-order valence-electron chi connectivity index (χ3n) is 6.29. The average molecular weight is 451 g/mol. The standard InChI is InChI=1S/C24H34O8/c1-13(11-31-15(3)25)6-5-7-17(12-32-16(4)26)18-9-8-14(2)21-19(18)10-20(24(29)30)22(27)23(21)28/h10,13-14,17-18,27-28H,5-9,11-12H2,1-4H3,(H,29,30). The molecule has 0 saturated heterocycles. The largest absolute Gasteiger partial charge is 0.504 e. The Bertz CT molecular complexity index is 847. The molecule has 0 amide bonds. The number of rotatable bonds is 10. The van der Waals surface area contributed by atoms with Crippen LogP contribution in [0.15, 0.2) is 6.07 Å². The van der Waals surface area contributed by atoms with E-state index in [0.717, 1.165) is 32.1 Å². The van der Waals surface area contributed by atoms with Crippen LogP contribution >= 0.6 is 0 Å². The van der Waals surface area contributed by atoms with Gasteiger partial charge in [0.15, 0.2) is 11.5 Å². The number of hydrogen-bond acceptors (Lipinski definition) is 7. The van der Waals surface area contributed by atoms with E-state index in [-0.39, 0.29) is 53.5 Å². The third-order valence-corrected chi connectivity index (χ3v) is 6.29. The molecule has 3 N–H and O–H groups in total. The first-order chi connectivity index (χ1) is 15.0. The fraction of sp³-hybridized carbons (Fsp3) is 0.625. The summed E-state index contributed by atoms with van der Waals surface area (Å²) in [6.45, 7) is 7.20. The fourth-order valence-corrected chi connectivity index (χ4v) is 4.60. The van der Waals surface area contributed by atoms with Crippen LogP contribution in [0.2, 0.25) is 0 Å². The second-order valence-corrected chi connectivity index (χ2v) is 8.92. The van der Waals surface area contributed by atoms with Gasteiger partial charge in [0.2, 0.25) is 0 Å². The first-order valence-corrected chi connectivity index (χ1v) is 11.1. The normalized spacial score (nSPS) is 19.5. The van der Waals surface area contributed by atoms with E-state index in [0.29, 0.717) is 17.7 Å². The molecular weight excluding hydrogens is 416 g/mol. The summed E-state index contributed by atoms with van der Waals surface area (Å²) in [6.07, 6.45) is 3.87. The quantitative estimate of drug-likeness (QED) is 0.355. The first kappa shape index (κ1) is 25.5. The monoisotopic (exact) mass is 450 g/mol. The molecule has 0 aromatic heterocycles. The average Bonchev–Trinajstić information content (AvgIpc) is 2.71. The molecule has 1 aromatic carbocycles. The van der Waals surface area contributed by atoms with Crippen molar-refractivity contribution in [1.29, 1.82) is 0 Å². The first-order valence-electron chi connectivity index (χ1n) is 11.1. The summed E-state index contributed by atoms with van der Waals surface area (Å²) >= 11 is 0. The van der Waals surface area contributed by atoms with Gasteiger partial charge in [0.25, 0.3) is 0 Å². The lowest BCUT2D eigenvalue weighted by molar-refractivity contribution is -0.143. The predicted octanol–water partition coefficient (Wildman–Crippen LogP) is 4.33. The van der Waals surface area contributed by atoms with E-state index < -0.39 is 11.7 Å². The summed E-state index contributed by atoms with van der Waals surface area (Å²) in [7, 11) is 0. The number of aromatic hydroxyl groups is 2. The van der Waals surface area contributed by atoms with Crippen molar-refractivity contribution < 1.29 is 39.2 Å². The Labute approximate surface area is 188 Å². The summed E-state index contributed by atoms with van der Waals surface area (Å²) in [5.74, 6) is -3.03. The molecule has 0 fully saturated rings. The summed E-state index contributed by atoms with van der Waals surface area (Å²) in [6, 6.07) is 1.46. The van der Waals surface area contributed by atoms with Gasteiger partial charge in [0.05, 0.1) is 13.2 Å². The molecule has 32 heavy (non-hydrogen) atoms. The van der Waals surface area contributed by atoms with Crippen LogP contribution in [0.1, 0.15) is 93.1 Å². The number of carbonyl (C=O) groups excluding carboxylic acids is 2. The van der Waals surface area contributed by atoms with Crippen molar-refractivity contribution in [3.05, 3.63) is 22.8 Å². The zero-order valence-electron chi connectivity index (χ0n) is 19.2. The van der Waals surface area contributed by atoms with Crippen molar-refractivity contribution in [2.75, 3.05) is 13.2 Å². The van der Waals surface area contributed by atoms with Gasteiger partial charge in [-0.1, -0.05) is 20.3 Å². The molecule has 0 spiro atoms. The number of phenols is 2. The Morgan fingerprint density at radius 1 is 1.03 bits per heavy atom. The van der Waals surface area contributed by atoms with Gasteiger partial charge in [-0.15, -0.1) is 0 Å². The number of esters is 2. The highest BCUT2D eigenvalue weighted by Crippen LogP contribution is 2.50. The van der Waals surface area contributed by atoms with Crippen molar-refractivity contribution in [1.82, 2.24) is 0 Å². The van der Waals surface area contributed by atoms with E-state index in [2.05, 4.69) is 0 Å². The van der Waals surface area contributed by atoms with Gasteiger partial charge in [0.1, 0.15) is 5.56 Å². The third kappa shape index (κ3) is 6.37. The van der Waals surface area contributed by atoms with Crippen LogP contribution in [0, 0.1) is 11.8 Å². The summed E-state index contributed by atoms with van der Waals surface area (Å²) in [5, 5.41) is 30.2. The highest BCUT2D eigenvalue weighted by Gasteiger charge is 2.35. The Hall–Kier alpha value is -2.77. The minimum absolute atomic E-state index is 0.0341. The molecule has 0 radical (unpaired) electrons. The number of fused-ring (bicyclic) bond motifs is 1. The zero-order valence-corrected chi connectivity index (χ0v) is 19.2. The number of carboxylic acid groups (broad SMARTS) is 1. The van der Waals surface area contributed by atoms with E-state index in [1.807, 2.05) is 13.8 Å². The van der Waals surface area contributed by atoms with Gasteiger partial charge < -0.3 is 24.8 Å². The lowest BCUT2D eigenvalue weighted by Gasteiger charge is -2.36. The van der Waals surface area contributed by atoms with Crippen molar-refractivity contribution in [2.45, 2.75) is 71.6 Å². The summed E-state index contributed by atoms with van der Waals surface area (Å²) in [5.41, 5.74) is 0.933. The maximum Gasteiger partial charge on any atom is 0.339 e. The van der Waals surface area contributed by atoms with Crippen LogP contribution < -0.4 is 0 Å². The van der Waals surface area contributed by atoms with Crippen LogP contribution in [-0.2, 0) is 19.1 Å². The maximum absolute atomic E-state index is 11.6. The fourth-order valence-electron chi connectivity index (χ4n) is 4.60. The van der Waals surface area contributed by atoms with Gasteiger partial charge in [-0.2, -0.15) is 0 Å². The number of phenolic OH excluding ortho intramolecular Hbond substituents is 1. The molecule has 0 saturated carbocycles. The molecule has 8 heteroatoms. The van der Waals surface area contributed by atoms with Crippen molar-refractivity contribution in [2.24, 2.45) is 11.8 Å². The van der Waals surface area contributed by atoms with Gasteiger partial charge in [-0.3, -0.25) is 9.59 Å². The molecular formula is C24H34O8. The number of benzene rings is 1. The molecule has 1 aliphatic carbocycles. The molecule has 4 atom stereocenters. The Morgan fingerprint density at radius 3 is 2.25 bits per heavy atom. The molecule has 8 nitrogen and oxygen atoms in total.